The number of halogens is 6. The van der Waals surface area contributed by atoms with Gasteiger partial charge in [0.1, 0.15) is 12.4 Å². The third-order valence-corrected chi connectivity index (χ3v) is 2.13. The van der Waals surface area contributed by atoms with Crippen molar-refractivity contribution in [3.63, 3.8) is 0 Å². The van der Waals surface area contributed by atoms with Gasteiger partial charge in [-0.15, -0.1) is 0 Å². The first-order valence-electron chi connectivity index (χ1n) is 5.31. The first-order chi connectivity index (χ1) is 9.04. The van der Waals surface area contributed by atoms with Crippen LogP contribution in [0.5, 0.6) is 0 Å². The van der Waals surface area contributed by atoms with Crippen molar-refractivity contribution in [2.75, 3.05) is 12.4 Å². The van der Waals surface area contributed by atoms with E-state index in [1.165, 1.54) is 20.0 Å². The Labute approximate surface area is 110 Å². The van der Waals surface area contributed by atoms with Gasteiger partial charge in [-0.05, 0) is 6.92 Å². The summed E-state index contributed by atoms with van der Waals surface area (Å²) >= 11 is 0. The molecular weight excluding hydrogens is 292 g/mol. The first-order valence-corrected chi connectivity index (χ1v) is 5.31. The summed E-state index contributed by atoms with van der Waals surface area (Å²) in [6.45, 7) is 0.525. The number of alkyl halides is 6. The summed E-state index contributed by atoms with van der Waals surface area (Å²) in [5.41, 5.74) is 0.388. The molecule has 0 aliphatic heterocycles. The molecule has 0 amide bonds. The largest absolute Gasteiger partial charge is 0.423 e. The van der Waals surface area contributed by atoms with Gasteiger partial charge in [-0.3, -0.25) is 0 Å². The summed E-state index contributed by atoms with van der Waals surface area (Å²) in [5, 5.41) is 2.61. The molecule has 20 heavy (non-hydrogen) atoms. The van der Waals surface area contributed by atoms with Crippen molar-refractivity contribution in [2.45, 2.75) is 32.0 Å². The highest BCUT2D eigenvalue weighted by atomic mass is 19.4. The van der Waals surface area contributed by atoms with Gasteiger partial charge in [0.05, 0.1) is 0 Å². The Hall–Kier alpha value is -1.58. The van der Waals surface area contributed by atoms with Gasteiger partial charge >= 0.3 is 12.4 Å². The molecule has 1 heterocycles. The number of ether oxygens (including phenoxy) is 1. The quantitative estimate of drug-likeness (QED) is 0.869. The molecule has 0 unspecified atom stereocenters. The number of rotatable bonds is 4. The number of hydrogen-bond donors (Lipinski definition) is 1. The van der Waals surface area contributed by atoms with E-state index < -0.39 is 25.1 Å². The van der Waals surface area contributed by atoms with E-state index in [1.807, 2.05) is 0 Å². The maximum atomic E-state index is 12.2. The molecule has 1 N–H and O–H groups in total. The molecule has 4 nitrogen and oxygen atoms in total. The smallest absolute Gasteiger partial charge is 0.373 e. The van der Waals surface area contributed by atoms with Crippen LogP contribution in [0.15, 0.2) is 6.07 Å². The van der Waals surface area contributed by atoms with Gasteiger partial charge in [0, 0.05) is 18.8 Å². The van der Waals surface area contributed by atoms with Crippen LogP contribution < -0.4 is 5.32 Å². The molecule has 0 aromatic carbocycles. The first kappa shape index (κ1) is 16.5. The molecule has 0 radical (unpaired) electrons. The van der Waals surface area contributed by atoms with Crippen molar-refractivity contribution in [1.29, 1.82) is 0 Å². The molecule has 0 saturated heterocycles. The highest BCUT2D eigenvalue weighted by Crippen LogP contribution is 2.36. The second-order valence-corrected chi connectivity index (χ2v) is 3.84. The van der Waals surface area contributed by atoms with Crippen molar-refractivity contribution < 1.29 is 31.1 Å². The highest BCUT2D eigenvalue weighted by molar-refractivity contribution is 5.34. The number of aryl methyl sites for hydroxylation is 1. The Morgan fingerprint density at radius 2 is 1.70 bits per heavy atom. The summed E-state index contributed by atoms with van der Waals surface area (Å²) in [4.78, 5) is 7.41. The lowest BCUT2D eigenvalue weighted by molar-refractivity contribution is -0.324. The molecule has 1 rings (SSSR count). The Kier molecular flexibility index (Phi) is 4.79. The van der Waals surface area contributed by atoms with Crippen LogP contribution in [0.1, 0.15) is 11.5 Å². The number of anilines is 1. The zero-order chi connectivity index (χ0) is 15.6. The van der Waals surface area contributed by atoms with Gasteiger partial charge in [0.2, 0.25) is 6.10 Å². The van der Waals surface area contributed by atoms with E-state index in [0.29, 0.717) is 5.69 Å². The van der Waals surface area contributed by atoms with Gasteiger partial charge in [0.15, 0.2) is 5.82 Å². The maximum absolute atomic E-state index is 12.2. The fourth-order valence-corrected chi connectivity index (χ4v) is 1.36. The molecule has 0 spiro atoms. The lowest BCUT2D eigenvalue weighted by Crippen LogP contribution is -2.44. The highest BCUT2D eigenvalue weighted by Gasteiger charge is 2.58. The summed E-state index contributed by atoms with van der Waals surface area (Å²) < 4.78 is 77.4. The van der Waals surface area contributed by atoms with Gasteiger partial charge < -0.3 is 10.1 Å². The minimum absolute atomic E-state index is 0.270. The van der Waals surface area contributed by atoms with Crippen molar-refractivity contribution in [3.8, 4) is 0 Å². The number of hydrogen-bond acceptors (Lipinski definition) is 4. The van der Waals surface area contributed by atoms with Crippen molar-refractivity contribution in [1.82, 2.24) is 9.97 Å². The number of aromatic nitrogens is 2. The van der Waals surface area contributed by atoms with Crippen LogP contribution in [-0.2, 0) is 11.3 Å². The normalized spacial score (nSPS) is 12.8. The van der Waals surface area contributed by atoms with Crippen LogP contribution in [0.4, 0.5) is 32.2 Å². The monoisotopic (exact) mass is 303 g/mol. The minimum Gasteiger partial charge on any atom is -0.373 e. The molecule has 1 aromatic rings. The molecule has 1 aromatic heterocycles. The van der Waals surface area contributed by atoms with E-state index in [2.05, 4.69) is 20.0 Å². The summed E-state index contributed by atoms with van der Waals surface area (Å²) in [6.07, 6.45) is -15.0. The van der Waals surface area contributed by atoms with E-state index >= 15 is 0 Å². The number of nitrogens with zero attached hydrogens (tertiary/aromatic N) is 2. The summed E-state index contributed by atoms with van der Waals surface area (Å²) in [6, 6.07) is 1.48. The van der Waals surface area contributed by atoms with Crippen molar-refractivity contribution >= 4 is 5.82 Å². The topological polar surface area (TPSA) is 47.0 Å². The molecule has 0 bridgehead atoms. The Morgan fingerprint density at radius 1 is 1.15 bits per heavy atom. The standard InChI is InChI=1S/C10H11F6N3O/c1-5-3-6(17-2)19-7(18-5)4-20-8(9(11,12)13)10(14,15)16/h3,8H,4H2,1-2H3,(H,17,18,19). The Balaban J connectivity index is 2.86. The van der Waals surface area contributed by atoms with Crippen LogP contribution >= 0.6 is 0 Å². The minimum atomic E-state index is -5.55. The number of nitrogens with one attached hydrogen (secondary N) is 1. The van der Waals surface area contributed by atoms with E-state index in [9.17, 15) is 26.3 Å². The van der Waals surface area contributed by atoms with Crippen LogP contribution in [0, 0.1) is 6.92 Å². The van der Waals surface area contributed by atoms with Gasteiger partial charge in [-0.1, -0.05) is 0 Å². The zero-order valence-electron chi connectivity index (χ0n) is 10.4. The molecule has 0 aliphatic rings. The molecule has 0 atom stereocenters. The van der Waals surface area contributed by atoms with Crippen LogP contribution in [0.2, 0.25) is 0 Å². The SMILES string of the molecule is CNc1cc(C)nc(COC(C(F)(F)F)C(F)(F)F)n1. The predicted octanol–water partition coefficient (Wildman–Crippen LogP) is 2.84. The van der Waals surface area contributed by atoms with Crippen molar-refractivity contribution in [3.05, 3.63) is 17.6 Å². The molecule has 10 heteroatoms. The zero-order valence-corrected chi connectivity index (χ0v) is 10.4. The third-order valence-electron chi connectivity index (χ3n) is 2.13. The lowest BCUT2D eigenvalue weighted by atomic mass is 10.3. The molecule has 0 saturated carbocycles. The van der Waals surface area contributed by atoms with E-state index in [1.54, 1.807) is 0 Å². The van der Waals surface area contributed by atoms with Crippen LogP contribution in [0.25, 0.3) is 0 Å². The average molecular weight is 303 g/mol. The molecule has 0 aliphatic carbocycles. The van der Waals surface area contributed by atoms with Crippen LogP contribution in [-0.4, -0.2) is 35.5 Å². The fraction of sp³-hybridized carbons (Fsp3) is 0.600. The van der Waals surface area contributed by atoms with Gasteiger partial charge in [0.25, 0.3) is 0 Å². The van der Waals surface area contributed by atoms with Crippen LogP contribution in [0.3, 0.4) is 0 Å². The lowest BCUT2D eigenvalue weighted by Gasteiger charge is -2.22. The average Bonchev–Trinajstić information content (AvgIpc) is 2.24. The summed E-state index contributed by atoms with van der Waals surface area (Å²) in [5.74, 6) is -0.000447. The summed E-state index contributed by atoms with van der Waals surface area (Å²) in [7, 11) is 1.50. The predicted molar refractivity (Wildman–Crippen MR) is 57.0 cm³/mol. The van der Waals surface area contributed by atoms with Gasteiger partial charge in [-0.25, -0.2) is 9.97 Å². The fourth-order valence-electron chi connectivity index (χ4n) is 1.36. The Bertz CT molecular complexity index is 445. The second-order valence-electron chi connectivity index (χ2n) is 3.84. The van der Waals surface area contributed by atoms with Gasteiger partial charge in [-0.2, -0.15) is 26.3 Å². The molecular formula is C10H11F6N3O. The molecule has 0 fully saturated rings. The maximum Gasteiger partial charge on any atom is 0.423 e. The van der Waals surface area contributed by atoms with E-state index in [0.717, 1.165) is 0 Å². The van der Waals surface area contributed by atoms with E-state index in [-0.39, 0.29) is 11.6 Å². The van der Waals surface area contributed by atoms with E-state index in [4.69, 9.17) is 0 Å². The second kappa shape index (κ2) is 5.81. The molecule has 114 valence electrons. The third kappa shape index (κ3) is 4.51. The van der Waals surface area contributed by atoms with Crippen molar-refractivity contribution in [2.24, 2.45) is 0 Å². The Morgan fingerprint density at radius 3 is 2.15 bits per heavy atom.